The molecule has 5 heteroatoms. The quantitative estimate of drug-likeness (QED) is 0.155. The maximum Gasteiger partial charge on any atom is 0.164 e. The van der Waals surface area contributed by atoms with Gasteiger partial charge in [-0.1, -0.05) is 200 Å². The van der Waals surface area contributed by atoms with E-state index in [0.29, 0.717) is 23.3 Å². The minimum Gasteiger partial charge on any atom is -0.228 e. The molecule has 0 atom stereocenters. The van der Waals surface area contributed by atoms with Crippen LogP contribution in [0.5, 0.6) is 0 Å². The van der Waals surface area contributed by atoms with Crippen LogP contribution in [0.3, 0.4) is 0 Å². The third-order valence-corrected chi connectivity index (χ3v) is 10.4. The van der Waals surface area contributed by atoms with Crippen LogP contribution in [0.15, 0.2) is 212 Å². The van der Waals surface area contributed by atoms with Crippen molar-refractivity contribution >= 4 is 10.8 Å². The molecule has 0 spiro atoms. The van der Waals surface area contributed by atoms with Gasteiger partial charge >= 0.3 is 0 Å². The molecule has 5 nitrogen and oxygen atoms in total. The van der Waals surface area contributed by atoms with Gasteiger partial charge in [0.15, 0.2) is 23.3 Å². The fourth-order valence-electron chi connectivity index (χ4n) is 7.61. The van der Waals surface area contributed by atoms with Crippen molar-refractivity contribution in [2.24, 2.45) is 0 Å². The summed E-state index contributed by atoms with van der Waals surface area (Å²) in [7, 11) is 0. The summed E-state index contributed by atoms with van der Waals surface area (Å²) >= 11 is 0. The lowest BCUT2D eigenvalue weighted by molar-refractivity contribution is 1.07. The van der Waals surface area contributed by atoms with Crippen LogP contribution in [0, 0.1) is 0 Å². The lowest BCUT2D eigenvalue weighted by atomic mass is 9.86. The number of benzene rings is 8. The van der Waals surface area contributed by atoms with Gasteiger partial charge in [0.1, 0.15) is 0 Å². The van der Waals surface area contributed by atoms with Crippen molar-refractivity contribution in [3.63, 3.8) is 0 Å². The van der Waals surface area contributed by atoms with E-state index < -0.39 is 0 Å². The fourth-order valence-corrected chi connectivity index (χ4v) is 7.61. The minimum absolute atomic E-state index is 0.600. The molecule has 10 rings (SSSR count). The first-order chi connectivity index (χ1) is 28.8. The summed E-state index contributed by atoms with van der Waals surface area (Å²) in [4.78, 5) is 25.9. The summed E-state index contributed by atoms with van der Waals surface area (Å²) in [6.07, 6.45) is 0. The van der Waals surface area contributed by atoms with E-state index in [1.54, 1.807) is 0 Å². The molecule has 0 aliphatic rings. The predicted octanol–water partition coefficient (Wildman–Crippen LogP) is 13.2. The van der Waals surface area contributed by atoms with Crippen molar-refractivity contribution in [2.45, 2.75) is 0 Å². The summed E-state index contributed by atoms with van der Waals surface area (Å²) in [6.45, 7) is 0. The summed E-state index contributed by atoms with van der Waals surface area (Å²) in [5.74, 6) is 2.49. The van der Waals surface area contributed by atoms with Gasteiger partial charge < -0.3 is 0 Å². The minimum atomic E-state index is 0.600. The topological polar surface area (TPSA) is 64.5 Å². The molecule has 0 unspecified atom stereocenters. The van der Waals surface area contributed by atoms with Crippen molar-refractivity contribution in [1.29, 1.82) is 0 Å². The average molecular weight is 742 g/mol. The molecule has 58 heavy (non-hydrogen) atoms. The Morgan fingerprint density at radius 3 is 1.19 bits per heavy atom. The molecule has 272 valence electrons. The van der Waals surface area contributed by atoms with E-state index in [4.69, 9.17) is 24.9 Å². The second-order valence-corrected chi connectivity index (χ2v) is 14.0. The van der Waals surface area contributed by atoms with Crippen LogP contribution in [0.25, 0.3) is 101 Å². The number of rotatable bonds is 8. The molecule has 0 aliphatic heterocycles. The van der Waals surface area contributed by atoms with Crippen LogP contribution < -0.4 is 0 Å². The Morgan fingerprint density at radius 1 is 0.241 bits per heavy atom. The van der Waals surface area contributed by atoms with E-state index in [9.17, 15) is 0 Å². The summed E-state index contributed by atoms with van der Waals surface area (Å²) in [5.41, 5.74) is 11.6. The zero-order valence-corrected chi connectivity index (χ0v) is 31.4. The zero-order chi connectivity index (χ0) is 38.7. The number of hydrogen-bond acceptors (Lipinski definition) is 5. The SMILES string of the molecule is c1ccc(-c2cc(-c3ccccc3)nc(-c3ccccc3-c3ccccc3-c3c(-c4nc(-c5ccccc5)nc(-c5ccccc5)n4)ccc4ccccc34)n2)cc1. The first kappa shape index (κ1) is 34.6. The highest BCUT2D eigenvalue weighted by Gasteiger charge is 2.22. The molecule has 0 bridgehead atoms. The Morgan fingerprint density at radius 2 is 0.638 bits per heavy atom. The third kappa shape index (κ3) is 6.71. The lowest BCUT2D eigenvalue weighted by Gasteiger charge is -2.19. The predicted molar refractivity (Wildman–Crippen MR) is 236 cm³/mol. The fraction of sp³-hybridized carbons (Fsp3) is 0. The zero-order valence-electron chi connectivity index (χ0n) is 31.4. The number of hydrogen-bond donors (Lipinski definition) is 0. The summed E-state index contributed by atoms with van der Waals surface area (Å²) in [6, 6.07) is 72.8. The van der Waals surface area contributed by atoms with Crippen molar-refractivity contribution in [1.82, 2.24) is 24.9 Å². The summed E-state index contributed by atoms with van der Waals surface area (Å²) in [5, 5.41) is 2.22. The number of fused-ring (bicyclic) bond motifs is 1. The molecule has 10 aromatic rings. The molecular formula is C53H35N5. The molecule has 0 saturated carbocycles. The normalized spacial score (nSPS) is 11.1. The van der Waals surface area contributed by atoms with Gasteiger partial charge in [-0.15, -0.1) is 0 Å². The van der Waals surface area contributed by atoms with Gasteiger partial charge in [0.25, 0.3) is 0 Å². The van der Waals surface area contributed by atoms with Crippen molar-refractivity contribution in [3.05, 3.63) is 212 Å². The number of nitrogens with zero attached hydrogens (tertiary/aromatic N) is 5. The Balaban J connectivity index is 1.21. The first-order valence-corrected chi connectivity index (χ1v) is 19.3. The maximum atomic E-state index is 5.24. The average Bonchev–Trinajstić information content (AvgIpc) is 3.32. The van der Waals surface area contributed by atoms with Crippen LogP contribution in [0.2, 0.25) is 0 Å². The number of aromatic nitrogens is 5. The molecule has 0 fully saturated rings. The maximum absolute atomic E-state index is 5.24. The van der Waals surface area contributed by atoms with Gasteiger partial charge in [0.05, 0.1) is 11.4 Å². The molecule has 2 heterocycles. The van der Waals surface area contributed by atoms with Crippen molar-refractivity contribution < 1.29 is 0 Å². The van der Waals surface area contributed by atoms with E-state index in [1.165, 1.54) is 0 Å². The highest BCUT2D eigenvalue weighted by atomic mass is 15.0. The Kier molecular flexibility index (Phi) is 9.14. The third-order valence-electron chi connectivity index (χ3n) is 10.4. The van der Waals surface area contributed by atoms with Crippen LogP contribution in [0.1, 0.15) is 0 Å². The lowest BCUT2D eigenvalue weighted by Crippen LogP contribution is -2.02. The summed E-state index contributed by atoms with van der Waals surface area (Å²) < 4.78 is 0. The highest BCUT2D eigenvalue weighted by Crippen LogP contribution is 2.44. The molecular weight excluding hydrogens is 707 g/mol. The molecule has 0 radical (unpaired) electrons. The van der Waals surface area contributed by atoms with Gasteiger partial charge in [-0.25, -0.2) is 24.9 Å². The van der Waals surface area contributed by atoms with E-state index in [0.717, 1.165) is 77.8 Å². The van der Waals surface area contributed by atoms with Crippen molar-refractivity contribution in [3.8, 4) is 90.3 Å². The van der Waals surface area contributed by atoms with E-state index >= 15 is 0 Å². The van der Waals surface area contributed by atoms with Gasteiger partial charge in [-0.3, -0.25) is 0 Å². The highest BCUT2D eigenvalue weighted by molar-refractivity contribution is 6.07. The van der Waals surface area contributed by atoms with Gasteiger partial charge in [0.2, 0.25) is 0 Å². The first-order valence-electron chi connectivity index (χ1n) is 19.3. The smallest absolute Gasteiger partial charge is 0.164 e. The van der Waals surface area contributed by atoms with E-state index in [-0.39, 0.29) is 0 Å². The Labute approximate surface area is 337 Å². The van der Waals surface area contributed by atoms with Crippen molar-refractivity contribution in [2.75, 3.05) is 0 Å². The molecule has 8 aromatic carbocycles. The van der Waals surface area contributed by atoms with Gasteiger partial charge in [-0.05, 0) is 39.6 Å². The van der Waals surface area contributed by atoms with Gasteiger partial charge in [-0.2, -0.15) is 0 Å². The Hall–Kier alpha value is -7.89. The largest absolute Gasteiger partial charge is 0.228 e. The molecule has 0 amide bonds. The molecule has 2 aromatic heterocycles. The van der Waals surface area contributed by atoms with Crippen LogP contribution in [0.4, 0.5) is 0 Å². The van der Waals surface area contributed by atoms with E-state index in [2.05, 4.69) is 115 Å². The van der Waals surface area contributed by atoms with Gasteiger partial charge in [0, 0.05) is 38.9 Å². The van der Waals surface area contributed by atoms with E-state index in [1.807, 2.05) is 97.1 Å². The Bertz CT molecular complexity index is 2930. The molecule has 0 N–H and O–H groups in total. The monoisotopic (exact) mass is 741 g/mol. The molecule has 0 saturated heterocycles. The van der Waals surface area contributed by atoms with Crippen LogP contribution in [-0.4, -0.2) is 24.9 Å². The standard InChI is InChI=1S/C53H35N5/c1-5-20-37(21-6-1)47-35-48(38-22-7-2-8-23-38)55-52(54-47)45-32-18-16-30-43(45)42-29-15-17-31-44(42)49-41-28-14-13-19-36(41)33-34-46(49)53-57-50(39-24-9-3-10-25-39)56-51(58-53)40-26-11-4-12-27-40/h1-35H. The second kappa shape index (κ2) is 15.3. The van der Waals surface area contributed by atoms with Crippen LogP contribution >= 0.6 is 0 Å². The second-order valence-electron chi connectivity index (χ2n) is 14.0. The molecule has 0 aliphatic carbocycles. The van der Waals surface area contributed by atoms with Crippen LogP contribution in [-0.2, 0) is 0 Å².